The summed E-state index contributed by atoms with van der Waals surface area (Å²) >= 11 is 0. The monoisotopic (exact) mass is 324 g/mol. The Morgan fingerprint density at radius 3 is 2.50 bits per heavy atom. The van der Waals surface area contributed by atoms with Gasteiger partial charge in [-0.3, -0.25) is 4.90 Å². The van der Waals surface area contributed by atoms with Crippen LogP contribution < -0.4 is 10.1 Å². The minimum atomic E-state index is -0.274. The zero-order valence-electron chi connectivity index (χ0n) is 11.9. The molecule has 0 bridgehead atoms. The van der Waals surface area contributed by atoms with E-state index in [0.29, 0.717) is 5.75 Å². The van der Waals surface area contributed by atoms with Gasteiger partial charge in [-0.05, 0) is 12.5 Å². The fraction of sp³-hybridized carbons (Fsp3) is 0.571. The predicted molar refractivity (Wildman–Crippen MR) is 84.9 cm³/mol. The summed E-state index contributed by atoms with van der Waals surface area (Å²) in [5, 5.41) is 3.34. The normalized spacial score (nSPS) is 16.8. The number of benzene rings is 1. The van der Waals surface area contributed by atoms with Crippen molar-refractivity contribution in [2.75, 3.05) is 33.3 Å². The summed E-state index contributed by atoms with van der Waals surface area (Å²) < 4.78 is 19.0. The van der Waals surface area contributed by atoms with Crippen molar-refractivity contribution in [3.63, 3.8) is 0 Å². The van der Waals surface area contributed by atoms with Crippen molar-refractivity contribution in [3.05, 3.63) is 29.6 Å². The van der Waals surface area contributed by atoms with Crippen LogP contribution >= 0.6 is 24.8 Å². The first-order valence-corrected chi connectivity index (χ1v) is 6.55. The summed E-state index contributed by atoms with van der Waals surface area (Å²) in [6, 6.07) is 5.42. The number of hydrogen-bond donors (Lipinski definition) is 1. The number of para-hydroxylation sites is 1. The highest BCUT2D eigenvalue weighted by Crippen LogP contribution is 2.33. The van der Waals surface area contributed by atoms with Crippen LogP contribution in [0.15, 0.2) is 18.2 Å². The van der Waals surface area contributed by atoms with Crippen LogP contribution in [0.3, 0.4) is 0 Å². The Labute approximate surface area is 132 Å². The Kier molecular flexibility index (Phi) is 9.14. The smallest absolute Gasteiger partial charge is 0.165 e. The van der Waals surface area contributed by atoms with Crippen molar-refractivity contribution in [2.24, 2.45) is 0 Å². The highest BCUT2D eigenvalue weighted by molar-refractivity contribution is 5.85. The highest BCUT2D eigenvalue weighted by Gasteiger charge is 2.24. The maximum Gasteiger partial charge on any atom is 0.165 e. The first-order chi connectivity index (χ1) is 8.77. The molecule has 1 aromatic carbocycles. The van der Waals surface area contributed by atoms with Gasteiger partial charge >= 0.3 is 0 Å². The van der Waals surface area contributed by atoms with Gasteiger partial charge in [0.05, 0.1) is 7.11 Å². The number of nitrogens with zero attached hydrogens (tertiary/aromatic N) is 1. The van der Waals surface area contributed by atoms with Gasteiger partial charge in [0.25, 0.3) is 0 Å². The molecule has 1 fully saturated rings. The summed E-state index contributed by atoms with van der Waals surface area (Å²) in [5.41, 5.74) is 0.960. The van der Waals surface area contributed by atoms with Gasteiger partial charge in [0, 0.05) is 37.8 Å². The second kappa shape index (κ2) is 9.40. The van der Waals surface area contributed by atoms with Gasteiger partial charge in [0.1, 0.15) is 0 Å². The maximum absolute atomic E-state index is 13.8. The molecule has 3 nitrogen and oxygen atoms in total. The van der Waals surface area contributed by atoms with Gasteiger partial charge in [0.15, 0.2) is 11.6 Å². The molecule has 116 valence electrons. The van der Waals surface area contributed by atoms with Crippen LogP contribution in [-0.2, 0) is 0 Å². The third-order valence-electron chi connectivity index (χ3n) is 3.54. The van der Waals surface area contributed by atoms with E-state index in [9.17, 15) is 4.39 Å². The average Bonchev–Trinajstić information content (AvgIpc) is 2.41. The number of ether oxygens (including phenoxy) is 1. The number of hydrogen-bond acceptors (Lipinski definition) is 3. The molecule has 1 heterocycles. The highest BCUT2D eigenvalue weighted by atomic mass is 35.5. The number of halogens is 3. The number of methoxy groups -OCH3 is 1. The van der Waals surface area contributed by atoms with Crippen molar-refractivity contribution in [1.82, 2.24) is 10.2 Å². The van der Waals surface area contributed by atoms with Gasteiger partial charge in [-0.25, -0.2) is 4.39 Å². The van der Waals surface area contributed by atoms with Crippen molar-refractivity contribution < 1.29 is 9.13 Å². The van der Waals surface area contributed by atoms with Crippen LogP contribution in [-0.4, -0.2) is 38.2 Å². The second-order valence-electron chi connectivity index (χ2n) is 4.57. The lowest BCUT2D eigenvalue weighted by molar-refractivity contribution is 0.166. The number of nitrogens with one attached hydrogen (secondary N) is 1. The molecule has 1 aliphatic rings. The van der Waals surface area contributed by atoms with E-state index in [2.05, 4.69) is 17.1 Å². The molecule has 0 unspecified atom stereocenters. The van der Waals surface area contributed by atoms with Crippen LogP contribution in [0.4, 0.5) is 4.39 Å². The van der Waals surface area contributed by atoms with E-state index in [0.717, 1.165) is 38.2 Å². The Bertz CT molecular complexity index is 401. The lowest BCUT2D eigenvalue weighted by atomic mass is 10.0. The maximum atomic E-state index is 13.8. The Balaban J connectivity index is 0.00000180. The fourth-order valence-electron chi connectivity index (χ4n) is 2.67. The van der Waals surface area contributed by atoms with E-state index in [-0.39, 0.29) is 36.7 Å². The van der Waals surface area contributed by atoms with Crippen molar-refractivity contribution in [1.29, 1.82) is 0 Å². The molecule has 0 spiro atoms. The Morgan fingerprint density at radius 1 is 1.30 bits per heavy atom. The van der Waals surface area contributed by atoms with E-state index >= 15 is 0 Å². The number of piperazine rings is 1. The number of rotatable bonds is 4. The molecule has 20 heavy (non-hydrogen) atoms. The van der Waals surface area contributed by atoms with Gasteiger partial charge in [-0.1, -0.05) is 19.1 Å². The molecule has 1 saturated heterocycles. The molecule has 0 aromatic heterocycles. The van der Waals surface area contributed by atoms with Gasteiger partial charge in [-0.15, -0.1) is 24.8 Å². The van der Waals surface area contributed by atoms with Crippen LogP contribution in [0.2, 0.25) is 0 Å². The fourth-order valence-corrected chi connectivity index (χ4v) is 2.67. The molecule has 0 saturated carbocycles. The lowest BCUT2D eigenvalue weighted by Crippen LogP contribution is -2.45. The molecule has 1 N–H and O–H groups in total. The summed E-state index contributed by atoms with van der Waals surface area (Å²) in [7, 11) is 1.53. The van der Waals surface area contributed by atoms with Crippen LogP contribution in [0.1, 0.15) is 24.9 Å². The molecule has 1 atom stereocenters. The molecule has 1 aliphatic heterocycles. The van der Waals surface area contributed by atoms with Gasteiger partial charge < -0.3 is 10.1 Å². The molecular formula is C14H23Cl2FN2O. The Morgan fingerprint density at radius 2 is 1.95 bits per heavy atom. The predicted octanol–water partition coefficient (Wildman–Crippen LogP) is 3.03. The van der Waals surface area contributed by atoms with E-state index in [4.69, 9.17) is 4.74 Å². The quantitative estimate of drug-likeness (QED) is 0.921. The van der Waals surface area contributed by atoms with Crippen molar-refractivity contribution in [2.45, 2.75) is 19.4 Å². The van der Waals surface area contributed by atoms with Crippen LogP contribution in [0.25, 0.3) is 0 Å². The summed E-state index contributed by atoms with van der Waals surface area (Å²) in [4.78, 5) is 2.40. The summed E-state index contributed by atoms with van der Waals surface area (Å²) in [5.74, 6) is 0.117. The molecule has 6 heteroatoms. The lowest BCUT2D eigenvalue weighted by Gasteiger charge is -2.35. The average molecular weight is 325 g/mol. The van der Waals surface area contributed by atoms with Crippen molar-refractivity contribution >= 4 is 24.8 Å². The summed E-state index contributed by atoms with van der Waals surface area (Å²) in [6.07, 6.45) is 0.958. The first kappa shape index (κ1) is 19.4. The molecule has 1 aromatic rings. The largest absolute Gasteiger partial charge is 0.493 e. The molecule has 0 aliphatic carbocycles. The SMILES string of the molecule is CC[C@H](c1cccc(F)c1OC)N1CCNCC1.Cl.Cl. The first-order valence-electron chi connectivity index (χ1n) is 6.55. The van der Waals surface area contributed by atoms with E-state index < -0.39 is 0 Å². The van der Waals surface area contributed by atoms with Crippen molar-refractivity contribution in [3.8, 4) is 5.75 Å². The second-order valence-corrected chi connectivity index (χ2v) is 4.57. The van der Waals surface area contributed by atoms with Crippen LogP contribution in [0.5, 0.6) is 5.75 Å². The minimum Gasteiger partial charge on any atom is -0.493 e. The van der Waals surface area contributed by atoms with E-state index in [1.807, 2.05) is 6.07 Å². The third kappa shape index (κ3) is 4.22. The van der Waals surface area contributed by atoms with Crippen LogP contribution in [0, 0.1) is 5.82 Å². The molecule has 0 amide bonds. The third-order valence-corrected chi connectivity index (χ3v) is 3.54. The standard InChI is InChI=1S/C14H21FN2O.2ClH/c1-3-13(17-9-7-16-8-10-17)11-5-4-6-12(15)14(11)18-2;;/h4-6,13,16H,3,7-10H2,1-2H3;2*1H/t13-;;/m1../s1. The van der Waals surface area contributed by atoms with Gasteiger partial charge in [-0.2, -0.15) is 0 Å². The summed E-state index contributed by atoms with van der Waals surface area (Å²) in [6.45, 7) is 6.12. The minimum absolute atomic E-state index is 0. The molecular weight excluding hydrogens is 302 g/mol. The van der Waals surface area contributed by atoms with E-state index in [1.165, 1.54) is 13.2 Å². The molecule has 2 rings (SSSR count). The Hall–Kier alpha value is -0.550. The van der Waals surface area contributed by atoms with Gasteiger partial charge in [0.2, 0.25) is 0 Å². The zero-order valence-corrected chi connectivity index (χ0v) is 13.5. The zero-order chi connectivity index (χ0) is 13.0. The molecule has 0 radical (unpaired) electrons. The van der Waals surface area contributed by atoms with E-state index in [1.54, 1.807) is 6.07 Å². The topological polar surface area (TPSA) is 24.5 Å².